The fourth-order valence-electron chi connectivity index (χ4n) is 2.29. The highest BCUT2D eigenvalue weighted by atomic mass is 16.5. The molecule has 0 saturated carbocycles. The number of amides is 1. The van der Waals surface area contributed by atoms with Crippen molar-refractivity contribution in [2.75, 3.05) is 27.4 Å². The summed E-state index contributed by atoms with van der Waals surface area (Å²) in [7, 11) is 2.97. The summed E-state index contributed by atoms with van der Waals surface area (Å²) in [5.41, 5.74) is 0. The molecular weight excluding hydrogens is 234 g/mol. The second-order valence-corrected chi connectivity index (χ2v) is 4.28. The van der Waals surface area contributed by atoms with Crippen LogP contribution in [0.1, 0.15) is 26.2 Å². The first-order valence-electron chi connectivity index (χ1n) is 6.21. The standard InChI is InChI=1S/C12H21N3O3/c1-4-10(8-13)15(12(16)18-3)14-7-5-6-11(14)9-17-2/h10-11H,4-7,9H2,1-3H3/t10-,11-/m0/s1. The molecule has 0 aliphatic carbocycles. The molecule has 0 aromatic carbocycles. The monoisotopic (exact) mass is 255 g/mol. The van der Waals surface area contributed by atoms with Gasteiger partial charge in [-0.25, -0.2) is 14.8 Å². The summed E-state index contributed by atoms with van der Waals surface area (Å²) in [4.78, 5) is 11.9. The molecule has 0 unspecified atom stereocenters. The minimum absolute atomic E-state index is 0.136. The molecule has 0 N–H and O–H groups in total. The number of ether oxygens (including phenoxy) is 2. The van der Waals surface area contributed by atoms with Crippen molar-refractivity contribution in [3.05, 3.63) is 0 Å². The van der Waals surface area contributed by atoms with Crippen LogP contribution in [0.15, 0.2) is 0 Å². The molecule has 6 nitrogen and oxygen atoms in total. The van der Waals surface area contributed by atoms with Gasteiger partial charge in [-0.05, 0) is 19.3 Å². The van der Waals surface area contributed by atoms with Crippen molar-refractivity contribution in [2.45, 2.75) is 38.3 Å². The lowest BCUT2D eigenvalue weighted by molar-refractivity contribution is -0.0577. The number of carbonyl (C=O) groups is 1. The van der Waals surface area contributed by atoms with Gasteiger partial charge < -0.3 is 9.47 Å². The van der Waals surface area contributed by atoms with E-state index in [1.165, 1.54) is 12.1 Å². The summed E-state index contributed by atoms with van der Waals surface area (Å²) in [5, 5.41) is 12.5. The Hall–Kier alpha value is -1.32. The van der Waals surface area contributed by atoms with Crippen molar-refractivity contribution in [3.8, 4) is 6.07 Å². The average Bonchev–Trinajstić information content (AvgIpc) is 2.83. The van der Waals surface area contributed by atoms with Crippen LogP contribution in [0, 0.1) is 11.3 Å². The van der Waals surface area contributed by atoms with Crippen molar-refractivity contribution in [1.82, 2.24) is 10.0 Å². The number of methoxy groups -OCH3 is 2. The van der Waals surface area contributed by atoms with E-state index in [1.54, 1.807) is 7.11 Å². The maximum absolute atomic E-state index is 11.9. The molecule has 18 heavy (non-hydrogen) atoms. The van der Waals surface area contributed by atoms with Crippen LogP contribution in [0.5, 0.6) is 0 Å². The molecule has 1 saturated heterocycles. The number of carbonyl (C=O) groups excluding carboxylic acids is 1. The van der Waals surface area contributed by atoms with Gasteiger partial charge in [-0.1, -0.05) is 6.92 Å². The van der Waals surface area contributed by atoms with E-state index in [1.807, 2.05) is 11.9 Å². The summed E-state index contributed by atoms with van der Waals surface area (Å²) in [6, 6.07) is 1.79. The zero-order valence-corrected chi connectivity index (χ0v) is 11.3. The normalized spacial score (nSPS) is 21.3. The Morgan fingerprint density at radius 1 is 1.61 bits per heavy atom. The third-order valence-electron chi connectivity index (χ3n) is 3.17. The summed E-state index contributed by atoms with van der Waals surface area (Å²) in [6.07, 6.45) is 2.04. The quantitative estimate of drug-likeness (QED) is 0.742. The molecule has 0 bridgehead atoms. The topological polar surface area (TPSA) is 65.8 Å². The maximum Gasteiger partial charge on any atom is 0.425 e. The number of hydrazine groups is 1. The Morgan fingerprint density at radius 3 is 2.83 bits per heavy atom. The van der Waals surface area contributed by atoms with Crippen LogP contribution < -0.4 is 0 Å². The minimum Gasteiger partial charge on any atom is -0.452 e. The number of nitriles is 1. The molecule has 0 aromatic rings. The second kappa shape index (κ2) is 7.19. The number of rotatable bonds is 5. The molecule has 2 atom stereocenters. The molecule has 6 heteroatoms. The van der Waals surface area contributed by atoms with Gasteiger partial charge in [0.15, 0.2) is 0 Å². The van der Waals surface area contributed by atoms with Gasteiger partial charge in [0.25, 0.3) is 0 Å². The van der Waals surface area contributed by atoms with Crippen LogP contribution in [-0.2, 0) is 9.47 Å². The van der Waals surface area contributed by atoms with Crippen molar-refractivity contribution in [1.29, 1.82) is 5.26 Å². The van der Waals surface area contributed by atoms with Gasteiger partial charge in [0, 0.05) is 13.7 Å². The first-order chi connectivity index (χ1) is 8.69. The van der Waals surface area contributed by atoms with E-state index in [9.17, 15) is 4.79 Å². The first kappa shape index (κ1) is 14.7. The van der Waals surface area contributed by atoms with E-state index in [4.69, 9.17) is 14.7 Å². The molecule has 1 amide bonds. The summed E-state index contributed by atoms with van der Waals surface area (Å²) >= 11 is 0. The van der Waals surface area contributed by atoms with Crippen LogP contribution in [-0.4, -0.2) is 55.6 Å². The highest BCUT2D eigenvalue weighted by Gasteiger charge is 2.36. The van der Waals surface area contributed by atoms with Gasteiger partial charge in [-0.15, -0.1) is 0 Å². The lowest BCUT2D eigenvalue weighted by atomic mass is 10.2. The maximum atomic E-state index is 11.9. The highest BCUT2D eigenvalue weighted by molar-refractivity contribution is 5.67. The van der Waals surface area contributed by atoms with E-state index in [2.05, 4.69) is 6.07 Å². The molecular formula is C12H21N3O3. The van der Waals surface area contributed by atoms with Gasteiger partial charge in [0.1, 0.15) is 6.04 Å². The van der Waals surface area contributed by atoms with Crippen molar-refractivity contribution >= 4 is 6.09 Å². The van der Waals surface area contributed by atoms with Gasteiger partial charge in [0.2, 0.25) is 0 Å². The summed E-state index contributed by atoms with van der Waals surface area (Å²) in [6.45, 7) is 3.18. The molecule has 102 valence electrons. The van der Waals surface area contributed by atoms with E-state index in [0.717, 1.165) is 19.4 Å². The van der Waals surface area contributed by atoms with Crippen molar-refractivity contribution in [3.63, 3.8) is 0 Å². The van der Waals surface area contributed by atoms with E-state index in [0.29, 0.717) is 13.0 Å². The van der Waals surface area contributed by atoms with Crippen LogP contribution >= 0.6 is 0 Å². The van der Waals surface area contributed by atoms with Crippen LogP contribution in [0.2, 0.25) is 0 Å². The van der Waals surface area contributed by atoms with Gasteiger partial charge in [-0.2, -0.15) is 5.26 Å². The summed E-state index contributed by atoms with van der Waals surface area (Å²) in [5.74, 6) is 0. The van der Waals surface area contributed by atoms with E-state index >= 15 is 0 Å². The molecule has 0 radical (unpaired) electrons. The zero-order valence-electron chi connectivity index (χ0n) is 11.3. The van der Waals surface area contributed by atoms with E-state index < -0.39 is 12.1 Å². The molecule has 1 fully saturated rings. The Balaban J connectivity index is 2.88. The largest absolute Gasteiger partial charge is 0.452 e. The average molecular weight is 255 g/mol. The molecule has 0 spiro atoms. The molecule has 1 aliphatic rings. The first-order valence-corrected chi connectivity index (χ1v) is 6.21. The van der Waals surface area contributed by atoms with Crippen LogP contribution in [0.3, 0.4) is 0 Å². The van der Waals surface area contributed by atoms with Crippen LogP contribution in [0.4, 0.5) is 4.79 Å². The van der Waals surface area contributed by atoms with Crippen molar-refractivity contribution in [2.24, 2.45) is 0 Å². The van der Waals surface area contributed by atoms with Crippen LogP contribution in [0.25, 0.3) is 0 Å². The fraction of sp³-hybridized carbons (Fsp3) is 0.833. The fourth-order valence-corrected chi connectivity index (χ4v) is 2.29. The second-order valence-electron chi connectivity index (χ2n) is 4.28. The third kappa shape index (κ3) is 3.12. The Morgan fingerprint density at radius 2 is 2.33 bits per heavy atom. The van der Waals surface area contributed by atoms with Crippen molar-refractivity contribution < 1.29 is 14.3 Å². The lowest BCUT2D eigenvalue weighted by Crippen LogP contribution is -2.54. The van der Waals surface area contributed by atoms with Gasteiger partial charge in [0.05, 0.1) is 25.8 Å². The third-order valence-corrected chi connectivity index (χ3v) is 3.17. The predicted molar refractivity (Wildman–Crippen MR) is 65.5 cm³/mol. The number of hydrogen-bond acceptors (Lipinski definition) is 5. The molecule has 1 heterocycles. The molecule has 1 aliphatic heterocycles. The van der Waals surface area contributed by atoms with Gasteiger partial charge >= 0.3 is 6.09 Å². The number of nitrogens with zero attached hydrogens (tertiary/aromatic N) is 3. The highest BCUT2D eigenvalue weighted by Crippen LogP contribution is 2.23. The number of hydrogen-bond donors (Lipinski definition) is 0. The smallest absolute Gasteiger partial charge is 0.425 e. The van der Waals surface area contributed by atoms with E-state index in [-0.39, 0.29) is 6.04 Å². The predicted octanol–water partition coefficient (Wildman–Crippen LogP) is 1.38. The van der Waals surface area contributed by atoms with Gasteiger partial charge in [-0.3, -0.25) is 0 Å². The Kier molecular flexibility index (Phi) is 5.89. The molecule has 1 rings (SSSR count). The molecule has 0 aromatic heterocycles. The SMILES string of the molecule is CC[C@@H](C#N)N(C(=O)OC)N1CCC[C@H]1COC. The zero-order chi connectivity index (χ0) is 13.5. The Labute approximate surface area is 108 Å². The Bertz CT molecular complexity index is 316. The summed E-state index contributed by atoms with van der Waals surface area (Å²) < 4.78 is 9.95. The lowest BCUT2D eigenvalue weighted by Gasteiger charge is -2.37. The minimum atomic E-state index is -0.491.